The Hall–Kier alpha value is -9.61. The molecule has 17 atom stereocenters. The molecular weight excluding hydrogens is 1720 g/mol. The molecule has 8 amide bonds. The summed E-state index contributed by atoms with van der Waals surface area (Å²) in [6.07, 6.45) is -13.6. The van der Waals surface area contributed by atoms with Gasteiger partial charge in [-0.1, -0.05) is 0 Å². The van der Waals surface area contributed by atoms with Gasteiger partial charge in [-0.15, -0.1) is 0 Å². The van der Waals surface area contributed by atoms with E-state index in [2.05, 4.69) is 42.5 Å². The molecule has 0 bridgehead atoms. The van der Waals surface area contributed by atoms with Crippen LogP contribution in [0.1, 0.15) is 122 Å². The lowest BCUT2D eigenvalue weighted by molar-refractivity contribution is -0.279. The number of carbonyl (C=O) groups excluding carboxylic acids is 17. The highest BCUT2D eigenvalue weighted by Crippen LogP contribution is 2.32. The van der Waals surface area contributed by atoms with Gasteiger partial charge in [0.1, 0.15) is 88.2 Å². The number of hydrogen-bond acceptors (Lipinski definition) is 41. The summed E-state index contributed by atoms with van der Waals surface area (Å²) in [4.78, 5) is 210. The van der Waals surface area contributed by atoms with Crippen molar-refractivity contribution in [3.8, 4) is 0 Å². The van der Waals surface area contributed by atoms with E-state index in [1.807, 2.05) is 0 Å². The quantitative estimate of drug-likeness (QED) is 0.0161. The van der Waals surface area contributed by atoms with Gasteiger partial charge in [0.05, 0.1) is 119 Å². The maximum atomic E-state index is 14.0. The van der Waals surface area contributed by atoms with Crippen LogP contribution in [0.25, 0.3) is 0 Å². The molecule has 3 aliphatic heterocycles. The van der Waals surface area contributed by atoms with E-state index in [-0.39, 0.29) is 164 Å². The van der Waals surface area contributed by atoms with Crippen LogP contribution in [-0.2, 0) is 195 Å². The van der Waals surface area contributed by atoms with Crippen LogP contribution in [0, 0.1) is 0 Å². The highest BCUT2D eigenvalue weighted by molar-refractivity contribution is 5.92. The van der Waals surface area contributed by atoms with Crippen molar-refractivity contribution in [3.63, 3.8) is 0 Å². The van der Waals surface area contributed by atoms with Crippen LogP contribution in [-0.4, -0.2) is 384 Å². The molecule has 0 aromatic heterocycles. The van der Waals surface area contributed by atoms with Gasteiger partial charge in [0, 0.05) is 103 Å². The molecular formula is C79H128N8O41. The Bertz CT molecular complexity index is 3450. The topological polar surface area (TPSA) is 608 Å². The highest BCUT2D eigenvalue weighted by atomic mass is 16.7. The summed E-state index contributed by atoms with van der Waals surface area (Å²) in [7, 11) is 1.38. The van der Waals surface area contributed by atoms with Gasteiger partial charge < -0.3 is 156 Å². The number of ether oxygens (including phenoxy) is 24. The first kappa shape index (κ1) is 113. The highest BCUT2D eigenvalue weighted by Gasteiger charge is 2.54. The Labute approximate surface area is 740 Å². The maximum absolute atomic E-state index is 14.0. The molecule has 128 heavy (non-hydrogen) atoms. The fourth-order valence-electron chi connectivity index (χ4n) is 12.5. The molecule has 730 valence electrons. The first-order chi connectivity index (χ1) is 61.0. The summed E-state index contributed by atoms with van der Waals surface area (Å²) in [5, 5.41) is 21.2. The van der Waals surface area contributed by atoms with Crippen molar-refractivity contribution in [1.82, 2.24) is 42.5 Å². The number of hydrogen-bond donors (Lipinski definition) is 8. The summed E-state index contributed by atoms with van der Waals surface area (Å²) >= 11 is 0. The molecule has 49 nitrogen and oxygen atoms in total. The van der Waals surface area contributed by atoms with Crippen LogP contribution < -0.4 is 42.5 Å². The van der Waals surface area contributed by atoms with E-state index in [9.17, 15) is 81.5 Å². The molecule has 3 fully saturated rings. The van der Waals surface area contributed by atoms with Crippen molar-refractivity contribution >= 4 is 101 Å². The first-order valence-electron chi connectivity index (χ1n) is 41.6. The lowest BCUT2D eigenvalue weighted by Crippen LogP contribution is -2.66. The van der Waals surface area contributed by atoms with Gasteiger partial charge in [-0.3, -0.25) is 81.5 Å². The lowest BCUT2D eigenvalue weighted by Gasteiger charge is -2.44. The molecule has 3 saturated heterocycles. The Morgan fingerprint density at radius 1 is 0.281 bits per heavy atom. The van der Waals surface area contributed by atoms with Crippen molar-refractivity contribution in [1.29, 1.82) is 0 Å². The molecule has 8 N–H and O–H groups in total. The van der Waals surface area contributed by atoms with Gasteiger partial charge in [-0.2, -0.15) is 0 Å². The van der Waals surface area contributed by atoms with Crippen molar-refractivity contribution in [3.05, 3.63) is 0 Å². The number of amides is 8. The Kier molecular flexibility index (Phi) is 57.2. The molecule has 49 heteroatoms. The summed E-state index contributed by atoms with van der Waals surface area (Å²) in [6, 6.07) is -5.77. The fourth-order valence-corrected chi connectivity index (χ4v) is 12.5. The Morgan fingerprint density at radius 2 is 0.531 bits per heavy atom. The van der Waals surface area contributed by atoms with E-state index < -0.39 is 231 Å². The van der Waals surface area contributed by atoms with Gasteiger partial charge in [0.15, 0.2) is 55.5 Å². The second kappa shape index (κ2) is 65.0. The molecule has 0 aromatic carbocycles. The molecule has 0 radical (unpaired) electrons. The third-order valence-corrected chi connectivity index (χ3v) is 17.7. The Morgan fingerprint density at radius 3 is 0.789 bits per heavy atom. The van der Waals surface area contributed by atoms with E-state index in [1.54, 1.807) is 0 Å². The smallest absolute Gasteiger partial charge is 0.303 e. The van der Waals surface area contributed by atoms with Crippen molar-refractivity contribution in [2.75, 3.05) is 179 Å². The lowest BCUT2D eigenvalue weighted by atomic mass is 9.96. The molecule has 3 heterocycles. The largest absolute Gasteiger partial charge is 0.463 e. The number of likely N-dealkylation sites (N-methyl/N-ethyl adjacent to an activating group) is 1. The monoisotopic (exact) mass is 1840 g/mol. The van der Waals surface area contributed by atoms with Crippen molar-refractivity contribution in [2.45, 2.75) is 226 Å². The minimum atomic E-state index is -1.32. The minimum absolute atomic E-state index is 0.00202. The van der Waals surface area contributed by atoms with E-state index >= 15 is 0 Å². The average Bonchev–Trinajstić information content (AvgIpc) is 0.796. The van der Waals surface area contributed by atoms with Crippen LogP contribution in [0.2, 0.25) is 0 Å². The van der Waals surface area contributed by atoms with Gasteiger partial charge in [-0.25, -0.2) is 0 Å². The zero-order valence-corrected chi connectivity index (χ0v) is 74.7. The zero-order chi connectivity index (χ0) is 94.9. The van der Waals surface area contributed by atoms with Crippen molar-refractivity contribution in [2.24, 2.45) is 0 Å². The van der Waals surface area contributed by atoms with Crippen LogP contribution in [0.3, 0.4) is 0 Å². The van der Waals surface area contributed by atoms with Gasteiger partial charge in [0.2, 0.25) is 47.3 Å². The molecule has 0 unspecified atom stereocenters. The third kappa shape index (κ3) is 49.2. The van der Waals surface area contributed by atoms with Gasteiger partial charge in [0.25, 0.3) is 0 Å². The second-order valence-corrected chi connectivity index (χ2v) is 28.6. The van der Waals surface area contributed by atoms with E-state index in [4.69, 9.17) is 114 Å². The number of unbranched alkanes of at least 4 members (excludes halogenated alkanes) is 2. The van der Waals surface area contributed by atoms with Crippen LogP contribution >= 0.6 is 0 Å². The fraction of sp³-hybridized carbons (Fsp3) is 0.785. The summed E-state index contributed by atoms with van der Waals surface area (Å²) in [6.45, 7) is 12.1. The third-order valence-electron chi connectivity index (χ3n) is 17.7. The van der Waals surface area contributed by atoms with E-state index in [0.717, 1.165) is 62.3 Å². The molecule has 3 aliphatic rings. The second-order valence-electron chi connectivity index (χ2n) is 28.6. The SMILES string of the molecule is CNC(=O)[C@H](CCCCNC(=O)COCCOCCOCCO[C@@H]1O[C@H](COC(C)=O)[C@H](OC(C)=O)[C@H](OC(C)=O)[C@H]1NC(C)=O)NC(=O)[C@H](CCCCNC(=O)COCCOCCOCCO[C@@H]1O[C@H](COC(C)=O)[C@H](OC(C)=O)[C@H](OC(C)=O)[C@H]1NC(C)=O)NC(=O)COCCOCCOCCO[C@@H]1O[C@H](COC(C)=O)[C@H](OC(C)=O)[C@H](OC(C)=O)[C@H]1NC(C)=O. The number of rotatable bonds is 65. The summed E-state index contributed by atoms with van der Waals surface area (Å²) in [5.74, 6) is -11.1. The maximum Gasteiger partial charge on any atom is 0.303 e. The van der Waals surface area contributed by atoms with Crippen LogP contribution in [0.15, 0.2) is 0 Å². The van der Waals surface area contributed by atoms with E-state index in [1.165, 1.54) is 27.8 Å². The Balaban J connectivity index is 1.48. The molecule has 0 aromatic rings. The van der Waals surface area contributed by atoms with E-state index in [0.29, 0.717) is 19.3 Å². The normalized spacial score (nSPS) is 22.2. The van der Waals surface area contributed by atoms with Crippen LogP contribution in [0.4, 0.5) is 0 Å². The first-order valence-corrected chi connectivity index (χ1v) is 41.6. The molecule has 0 saturated carbocycles. The average molecular weight is 1850 g/mol. The summed E-state index contributed by atoms with van der Waals surface area (Å²) in [5.41, 5.74) is 0. The predicted octanol–water partition coefficient (Wildman–Crippen LogP) is -4.56. The number of esters is 9. The molecule has 0 aliphatic carbocycles. The van der Waals surface area contributed by atoms with Gasteiger partial charge in [-0.05, 0) is 38.5 Å². The van der Waals surface area contributed by atoms with Crippen LogP contribution in [0.5, 0.6) is 0 Å². The minimum Gasteiger partial charge on any atom is -0.463 e. The standard InChI is InChI=1S/C79H128N8O41/c1-46(88)83-66-72(123-55(10)97)69(120-52(7)94)60(40-117-49(4)91)126-77(66)114-37-34-108-25-22-105-28-31-111-43-63(100)81-20-16-14-18-58(75(103)80-13)87-76(104)59(86-65(102)45-113-33-30-107-24-27-110-36-39-116-79-68(85-48(3)90)74(125-57(12)99)71(122-54(9)96)62(128-79)42-119-51(6)93)19-15-17-21-82-64(101)44-112-32-29-106-23-26-109-35-38-115-78-67(84-47(2)89)73(124-56(11)98)70(121-53(8)95)61(127-78)41-118-50(5)92/h58-62,66-74,77-79H,14-45H2,1-13H3,(H,80,103)(H,81,100)(H,82,101)(H,83,88)(H,84,89)(H,85,90)(H,86,102)(H,87,104)/t58-,59-,60+,61+,62+,66+,67+,68+,69-,70-,71-,72+,73+,74+,77+,78+,79+/m0/s1. The predicted molar refractivity (Wildman–Crippen MR) is 429 cm³/mol. The molecule has 0 spiro atoms. The summed E-state index contributed by atoms with van der Waals surface area (Å²) < 4.78 is 133. The number of carbonyl (C=O) groups is 17. The molecule has 3 rings (SSSR count). The van der Waals surface area contributed by atoms with Crippen molar-refractivity contribution < 1.29 is 195 Å². The number of nitrogens with one attached hydrogen (secondary N) is 8. The zero-order valence-electron chi connectivity index (χ0n) is 74.7. The van der Waals surface area contributed by atoms with Gasteiger partial charge >= 0.3 is 53.7 Å².